The van der Waals surface area contributed by atoms with Crippen LogP contribution in [0, 0.1) is 0 Å². The van der Waals surface area contributed by atoms with Crippen molar-refractivity contribution in [3.05, 3.63) is 59.7 Å². The van der Waals surface area contributed by atoms with Crippen LogP contribution >= 0.6 is 0 Å². The number of hydrogen-bond donors (Lipinski definition) is 3. The minimum atomic E-state index is -0.593. The van der Waals surface area contributed by atoms with Gasteiger partial charge in [-0.15, -0.1) is 0 Å². The van der Waals surface area contributed by atoms with Gasteiger partial charge in [-0.25, -0.2) is 4.79 Å². The fourth-order valence-electron chi connectivity index (χ4n) is 2.79. The first kappa shape index (κ1) is 24.7. The van der Waals surface area contributed by atoms with Crippen molar-refractivity contribution >= 4 is 29.3 Å². The monoisotopic (exact) mass is 440 g/mol. The normalized spacial score (nSPS) is 10.8. The van der Waals surface area contributed by atoms with Crippen LogP contribution in [-0.2, 0) is 16.1 Å². The third-order valence-corrected chi connectivity index (χ3v) is 4.40. The first-order valence-electron chi connectivity index (χ1n) is 10.5. The number of nitrogens with one attached hydrogen (secondary N) is 3. The van der Waals surface area contributed by atoms with Gasteiger partial charge in [-0.2, -0.15) is 0 Å². The second kappa shape index (κ2) is 11.2. The number of carbonyl (C=O) groups excluding carboxylic acids is 3. The van der Waals surface area contributed by atoms with Gasteiger partial charge >= 0.3 is 6.09 Å². The zero-order valence-corrected chi connectivity index (χ0v) is 19.3. The largest absolute Gasteiger partial charge is 0.444 e. The molecular weight excluding hydrogens is 408 g/mol. The number of carbonyl (C=O) groups is 3. The Labute approximate surface area is 189 Å². The number of alkyl carbamates (subject to hydrolysis) is 1. The summed E-state index contributed by atoms with van der Waals surface area (Å²) in [6.07, 6.45) is -0.468. The van der Waals surface area contributed by atoms with E-state index in [0.717, 1.165) is 11.3 Å². The van der Waals surface area contributed by atoms with Gasteiger partial charge in [0.05, 0.1) is 0 Å². The second-order valence-electron chi connectivity index (χ2n) is 8.51. The Balaban J connectivity index is 1.87. The van der Waals surface area contributed by atoms with Gasteiger partial charge in [-0.1, -0.05) is 18.2 Å². The lowest BCUT2D eigenvalue weighted by Gasteiger charge is -2.19. The maximum absolute atomic E-state index is 12.5. The smallest absolute Gasteiger partial charge is 0.407 e. The predicted octanol–water partition coefficient (Wildman–Crippen LogP) is 3.54. The number of para-hydroxylation sites is 1. The topological polar surface area (TPSA) is 99.8 Å². The molecule has 3 N–H and O–H groups in total. The zero-order valence-electron chi connectivity index (χ0n) is 19.3. The average molecular weight is 441 g/mol. The zero-order chi connectivity index (χ0) is 23.7. The van der Waals surface area contributed by atoms with Gasteiger partial charge in [0, 0.05) is 50.5 Å². The molecule has 0 heterocycles. The molecule has 8 nitrogen and oxygen atoms in total. The summed E-state index contributed by atoms with van der Waals surface area (Å²) in [5.74, 6) is -0.447. The van der Waals surface area contributed by atoms with E-state index in [0.29, 0.717) is 11.3 Å². The predicted molar refractivity (Wildman–Crippen MR) is 126 cm³/mol. The van der Waals surface area contributed by atoms with Gasteiger partial charge in [-0.3, -0.25) is 9.59 Å². The fourth-order valence-corrected chi connectivity index (χ4v) is 2.79. The van der Waals surface area contributed by atoms with E-state index in [-0.39, 0.29) is 31.3 Å². The summed E-state index contributed by atoms with van der Waals surface area (Å²) in [6.45, 7) is 5.74. The van der Waals surface area contributed by atoms with Crippen molar-refractivity contribution in [2.75, 3.05) is 30.9 Å². The van der Waals surface area contributed by atoms with Crippen LogP contribution in [-0.4, -0.2) is 44.1 Å². The molecule has 0 radical (unpaired) electrons. The molecule has 0 unspecified atom stereocenters. The lowest BCUT2D eigenvalue weighted by atomic mass is 10.1. The van der Waals surface area contributed by atoms with E-state index >= 15 is 0 Å². The summed E-state index contributed by atoms with van der Waals surface area (Å²) in [5.41, 5.74) is 2.36. The van der Waals surface area contributed by atoms with Gasteiger partial charge in [0.2, 0.25) is 5.91 Å². The number of nitrogens with zero attached hydrogens (tertiary/aromatic N) is 1. The third kappa shape index (κ3) is 8.29. The van der Waals surface area contributed by atoms with E-state index in [1.54, 1.807) is 45.0 Å². The molecule has 32 heavy (non-hydrogen) atoms. The molecule has 0 bridgehead atoms. The van der Waals surface area contributed by atoms with Gasteiger partial charge in [0.15, 0.2) is 0 Å². The first-order chi connectivity index (χ1) is 15.0. The van der Waals surface area contributed by atoms with Crippen LogP contribution in [0.5, 0.6) is 0 Å². The lowest BCUT2D eigenvalue weighted by Crippen LogP contribution is -2.34. The summed E-state index contributed by atoms with van der Waals surface area (Å²) >= 11 is 0. The molecule has 0 aliphatic rings. The van der Waals surface area contributed by atoms with E-state index in [2.05, 4.69) is 16.0 Å². The highest BCUT2D eigenvalue weighted by Crippen LogP contribution is 2.16. The molecule has 2 rings (SSSR count). The molecular formula is C24H32N4O4. The van der Waals surface area contributed by atoms with Crippen LogP contribution in [0.4, 0.5) is 16.2 Å². The van der Waals surface area contributed by atoms with Crippen LogP contribution in [0.25, 0.3) is 0 Å². The SMILES string of the molecule is CN(C)c1ccc(C(=O)NCc2ccccc2NC(=O)CCNC(=O)OC(C)(C)C)cc1. The van der Waals surface area contributed by atoms with Crippen molar-refractivity contribution in [2.24, 2.45) is 0 Å². The number of ether oxygens (including phenoxy) is 1. The van der Waals surface area contributed by atoms with Crippen LogP contribution in [0.1, 0.15) is 43.1 Å². The number of hydrogen-bond acceptors (Lipinski definition) is 5. The Kier molecular flexibility index (Phi) is 8.63. The molecule has 0 spiro atoms. The lowest BCUT2D eigenvalue weighted by molar-refractivity contribution is -0.116. The van der Waals surface area contributed by atoms with Crippen molar-refractivity contribution in [1.82, 2.24) is 10.6 Å². The quantitative estimate of drug-likeness (QED) is 0.583. The van der Waals surface area contributed by atoms with Crippen molar-refractivity contribution in [3.63, 3.8) is 0 Å². The Morgan fingerprint density at radius 2 is 1.59 bits per heavy atom. The highest BCUT2D eigenvalue weighted by molar-refractivity contribution is 5.95. The number of benzene rings is 2. The van der Waals surface area contributed by atoms with Crippen molar-refractivity contribution in [3.8, 4) is 0 Å². The van der Waals surface area contributed by atoms with E-state index in [9.17, 15) is 14.4 Å². The first-order valence-corrected chi connectivity index (χ1v) is 10.5. The number of amides is 3. The minimum absolute atomic E-state index is 0.0954. The summed E-state index contributed by atoms with van der Waals surface area (Å²) in [6, 6.07) is 14.6. The van der Waals surface area contributed by atoms with E-state index < -0.39 is 11.7 Å². The van der Waals surface area contributed by atoms with Gasteiger partial charge < -0.3 is 25.6 Å². The summed E-state index contributed by atoms with van der Waals surface area (Å²) in [7, 11) is 3.88. The Morgan fingerprint density at radius 3 is 2.22 bits per heavy atom. The van der Waals surface area contributed by atoms with Crippen LogP contribution < -0.4 is 20.9 Å². The minimum Gasteiger partial charge on any atom is -0.444 e. The van der Waals surface area contributed by atoms with Crippen molar-refractivity contribution in [1.29, 1.82) is 0 Å². The molecule has 0 aromatic heterocycles. The molecule has 8 heteroatoms. The second-order valence-corrected chi connectivity index (χ2v) is 8.51. The molecule has 2 aromatic rings. The maximum atomic E-state index is 12.5. The van der Waals surface area contributed by atoms with Gasteiger partial charge in [0.25, 0.3) is 5.91 Å². The highest BCUT2D eigenvalue weighted by Gasteiger charge is 2.16. The standard InChI is InChI=1S/C24H32N4O4/c1-24(2,3)32-23(31)25-15-14-21(29)27-20-9-7-6-8-18(20)16-26-22(30)17-10-12-19(13-11-17)28(4)5/h6-13H,14-16H2,1-5H3,(H,25,31)(H,26,30)(H,27,29). The van der Waals surface area contributed by atoms with Gasteiger partial charge in [0.1, 0.15) is 5.60 Å². The summed E-state index contributed by atoms with van der Waals surface area (Å²) in [5, 5.41) is 8.27. The molecule has 3 amide bonds. The van der Waals surface area contributed by atoms with Crippen LogP contribution in [0.15, 0.2) is 48.5 Å². The van der Waals surface area contributed by atoms with Crippen molar-refractivity contribution in [2.45, 2.75) is 39.3 Å². The Hall–Kier alpha value is -3.55. The Bertz CT molecular complexity index is 934. The third-order valence-electron chi connectivity index (χ3n) is 4.40. The average Bonchev–Trinajstić information content (AvgIpc) is 2.71. The molecule has 0 saturated carbocycles. The van der Waals surface area contributed by atoms with Gasteiger partial charge in [-0.05, 0) is 56.7 Å². The Morgan fingerprint density at radius 1 is 0.938 bits per heavy atom. The fraction of sp³-hybridized carbons (Fsp3) is 0.375. The number of anilines is 2. The number of rotatable bonds is 8. The molecule has 0 fully saturated rings. The molecule has 0 aliphatic heterocycles. The maximum Gasteiger partial charge on any atom is 0.407 e. The molecule has 0 atom stereocenters. The highest BCUT2D eigenvalue weighted by atomic mass is 16.6. The summed E-state index contributed by atoms with van der Waals surface area (Å²) in [4.78, 5) is 38.4. The van der Waals surface area contributed by atoms with E-state index in [1.807, 2.05) is 43.3 Å². The van der Waals surface area contributed by atoms with E-state index in [1.165, 1.54) is 0 Å². The molecule has 2 aromatic carbocycles. The summed E-state index contributed by atoms with van der Waals surface area (Å²) < 4.78 is 5.14. The van der Waals surface area contributed by atoms with Crippen LogP contribution in [0.3, 0.4) is 0 Å². The van der Waals surface area contributed by atoms with Crippen molar-refractivity contribution < 1.29 is 19.1 Å². The van der Waals surface area contributed by atoms with Crippen LogP contribution in [0.2, 0.25) is 0 Å². The van der Waals surface area contributed by atoms with E-state index in [4.69, 9.17) is 4.74 Å². The molecule has 172 valence electrons. The molecule has 0 saturated heterocycles. The molecule has 0 aliphatic carbocycles.